The predicted octanol–water partition coefficient (Wildman–Crippen LogP) is 1.93. The summed E-state index contributed by atoms with van der Waals surface area (Å²) in [5.41, 5.74) is 5.28. The minimum Gasteiger partial charge on any atom is -0.396 e. The molecular formula is C13H15Cl2N3O2. The number of nitrogens with two attached hydrogens (primary N) is 1. The fourth-order valence-corrected chi connectivity index (χ4v) is 2.61. The van der Waals surface area contributed by atoms with Crippen LogP contribution < -0.4 is 11.1 Å². The van der Waals surface area contributed by atoms with Crippen molar-refractivity contribution in [2.24, 2.45) is 0 Å². The SMILES string of the molecule is CC1(C)C(=O)NCCN1C(=O)c1cc(Cl)c(N)c(Cl)c1. The number of hydrogen-bond donors (Lipinski definition) is 2. The van der Waals surface area contributed by atoms with Crippen LogP contribution in [0.1, 0.15) is 24.2 Å². The Kier molecular flexibility index (Phi) is 3.84. The molecule has 1 fully saturated rings. The summed E-state index contributed by atoms with van der Waals surface area (Å²) in [5, 5.41) is 3.18. The van der Waals surface area contributed by atoms with Crippen LogP contribution in [0.25, 0.3) is 0 Å². The summed E-state index contributed by atoms with van der Waals surface area (Å²) in [6, 6.07) is 2.93. The third-order valence-corrected chi connectivity index (χ3v) is 4.05. The molecule has 1 heterocycles. The first kappa shape index (κ1) is 14.9. The van der Waals surface area contributed by atoms with Gasteiger partial charge in [0.15, 0.2) is 0 Å². The summed E-state index contributed by atoms with van der Waals surface area (Å²) in [4.78, 5) is 25.9. The molecule has 0 radical (unpaired) electrons. The highest BCUT2D eigenvalue weighted by Crippen LogP contribution is 2.30. The van der Waals surface area contributed by atoms with Crippen molar-refractivity contribution < 1.29 is 9.59 Å². The monoisotopic (exact) mass is 315 g/mol. The molecule has 1 aromatic rings. The topological polar surface area (TPSA) is 75.4 Å². The van der Waals surface area contributed by atoms with E-state index in [4.69, 9.17) is 28.9 Å². The third kappa shape index (κ3) is 2.43. The lowest BCUT2D eigenvalue weighted by atomic mass is 9.97. The largest absolute Gasteiger partial charge is 0.396 e. The predicted molar refractivity (Wildman–Crippen MR) is 79.0 cm³/mol. The maximum atomic E-state index is 12.6. The molecule has 0 saturated carbocycles. The van der Waals surface area contributed by atoms with Crippen LogP contribution in [0.4, 0.5) is 5.69 Å². The van der Waals surface area contributed by atoms with Crippen molar-refractivity contribution in [1.82, 2.24) is 10.2 Å². The van der Waals surface area contributed by atoms with Crippen LogP contribution in [0.15, 0.2) is 12.1 Å². The number of nitrogens with one attached hydrogen (secondary N) is 1. The number of halogens is 2. The van der Waals surface area contributed by atoms with Gasteiger partial charge in [0.1, 0.15) is 5.54 Å². The maximum Gasteiger partial charge on any atom is 0.254 e. The molecule has 1 aliphatic heterocycles. The Hall–Kier alpha value is -1.46. The van der Waals surface area contributed by atoms with E-state index in [0.29, 0.717) is 18.7 Å². The van der Waals surface area contributed by atoms with Crippen molar-refractivity contribution in [3.63, 3.8) is 0 Å². The van der Waals surface area contributed by atoms with Gasteiger partial charge in [-0.3, -0.25) is 9.59 Å². The molecule has 1 aromatic carbocycles. The van der Waals surface area contributed by atoms with Crippen molar-refractivity contribution in [2.45, 2.75) is 19.4 Å². The molecule has 7 heteroatoms. The van der Waals surface area contributed by atoms with Gasteiger partial charge < -0.3 is 16.0 Å². The number of rotatable bonds is 1. The Balaban J connectivity index is 2.38. The molecule has 0 atom stereocenters. The van der Waals surface area contributed by atoms with E-state index in [1.54, 1.807) is 13.8 Å². The van der Waals surface area contributed by atoms with Crippen LogP contribution in [-0.2, 0) is 4.79 Å². The smallest absolute Gasteiger partial charge is 0.254 e. The molecule has 20 heavy (non-hydrogen) atoms. The summed E-state index contributed by atoms with van der Waals surface area (Å²) < 4.78 is 0. The number of carbonyl (C=O) groups excluding carboxylic acids is 2. The summed E-state index contributed by atoms with van der Waals surface area (Å²) in [5.74, 6) is -0.488. The average molecular weight is 316 g/mol. The van der Waals surface area contributed by atoms with E-state index >= 15 is 0 Å². The number of piperazine rings is 1. The van der Waals surface area contributed by atoms with Crippen molar-refractivity contribution in [1.29, 1.82) is 0 Å². The second-order valence-electron chi connectivity index (χ2n) is 5.13. The zero-order chi connectivity index (χ0) is 15.1. The molecule has 2 rings (SSSR count). The van der Waals surface area contributed by atoms with Gasteiger partial charge in [-0.2, -0.15) is 0 Å². The third-order valence-electron chi connectivity index (χ3n) is 3.42. The number of amides is 2. The van der Waals surface area contributed by atoms with Crippen LogP contribution in [0.5, 0.6) is 0 Å². The molecular weight excluding hydrogens is 301 g/mol. The van der Waals surface area contributed by atoms with E-state index in [1.165, 1.54) is 17.0 Å². The van der Waals surface area contributed by atoms with E-state index in [1.807, 2.05) is 0 Å². The van der Waals surface area contributed by atoms with Gasteiger partial charge in [-0.05, 0) is 26.0 Å². The van der Waals surface area contributed by atoms with E-state index in [9.17, 15) is 9.59 Å². The fraction of sp³-hybridized carbons (Fsp3) is 0.385. The zero-order valence-corrected chi connectivity index (χ0v) is 12.7. The highest BCUT2D eigenvalue weighted by molar-refractivity contribution is 6.39. The van der Waals surface area contributed by atoms with Crippen LogP contribution in [0.2, 0.25) is 10.0 Å². The van der Waals surface area contributed by atoms with Gasteiger partial charge >= 0.3 is 0 Å². The van der Waals surface area contributed by atoms with E-state index in [0.717, 1.165) is 0 Å². The van der Waals surface area contributed by atoms with E-state index < -0.39 is 5.54 Å². The molecule has 0 spiro atoms. The second-order valence-corrected chi connectivity index (χ2v) is 5.94. The highest BCUT2D eigenvalue weighted by Gasteiger charge is 2.40. The molecule has 2 amide bonds. The molecule has 108 valence electrons. The number of nitrogens with zero attached hydrogens (tertiary/aromatic N) is 1. The Morgan fingerprint density at radius 1 is 1.35 bits per heavy atom. The first-order valence-electron chi connectivity index (χ1n) is 6.10. The molecule has 3 N–H and O–H groups in total. The maximum absolute atomic E-state index is 12.6. The lowest BCUT2D eigenvalue weighted by molar-refractivity contribution is -0.133. The Bertz CT molecular complexity index is 564. The quantitative estimate of drug-likeness (QED) is 0.777. The van der Waals surface area contributed by atoms with Crippen LogP contribution in [0.3, 0.4) is 0 Å². The van der Waals surface area contributed by atoms with Crippen molar-refractivity contribution in [3.05, 3.63) is 27.7 Å². The standard InChI is InChI=1S/C13H15Cl2N3O2/c1-13(2)12(20)17-3-4-18(13)11(19)7-5-8(14)10(16)9(15)6-7/h5-6H,3-4,16H2,1-2H3,(H,17,20). The Morgan fingerprint density at radius 2 is 1.90 bits per heavy atom. The van der Waals surface area contributed by atoms with Gasteiger partial charge in [0, 0.05) is 18.7 Å². The second kappa shape index (κ2) is 5.14. The van der Waals surface area contributed by atoms with E-state index in [-0.39, 0.29) is 27.5 Å². The van der Waals surface area contributed by atoms with Gasteiger partial charge in [0.05, 0.1) is 15.7 Å². The van der Waals surface area contributed by atoms with Gasteiger partial charge in [-0.1, -0.05) is 23.2 Å². The van der Waals surface area contributed by atoms with Gasteiger partial charge in [0.25, 0.3) is 5.91 Å². The fourth-order valence-electron chi connectivity index (χ4n) is 2.12. The molecule has 0 aliphatic carbocycles. The summed E-state index contributed by atoms with van der Waals surface area (Å²) >= 11 is 11.9. The van der Waals surface area contributed by atoms with Gasteiger partial charge in [-0.25, -0.2) is 0 Å². The minimum absolute atomic E-state index is 0.190. The van der Waals surface area contributed by atoms with Crippen molar-refractivity contribution in [2.75, 3.05) is 18.8 Å². The zero-order valence-electron chi connectivity index (χ0n) is 11.2. The molecule has 0 bridgehead atoms. The molecule has 0 unspecified atom stereocenters. The number of hydrogen-bond acceptors (Lipinski definition) is 3. The summed E-state index contributed by atoms with van der Waals surface area (Å²) in [6.45, 7) is 4.24. The molecule has 5 nitrogen and oxygen atoms in total. The highest BCUT2D eigenvalue weighted by atomic mass is 35.5. The van der Waals surface area contributed by atoms with Crippen LogP contribution >= 0.6 is 23.2 Å². The Labute approximate surface area is 127 Å². The van der Waals surface area contributed by atoms with Gasteiger partial charge in [0.2, 0.25) is 5.91 Å². The van der Waals surface area contributed by atoms with Crippen LogP contribution in [-0.4, -0.2) is 35.3 Å². The Morgan fingerprint density at radius 3 is 2.45 bits per heavy atom. The molecule has 1 saturated heterocycles. The number of nitrogen functional groups attached to an aromatic ring is 1. The average Bonchev–Trinajstić information content (AvgIpc) is 2.37. The lowest BCUT2D eigenvalue weighted by Gasteiger charge is -2.41. The van der Waals surface area contributed by atoms with Crippen LogP contribution in [0, 0.1) is 0 Å². The van der Waals surface area contributed by atoms with Crippen molar-refractivity contribution >= 4 is 40.7 Å². The minimum atomic E-state index is -0.921. The number of benzene rings is 1. The summed E-state index contributed by atoms with van der Waals surface area (Å²) in [7, 11) is 0. The normalized spacial score (nSPS) is 17.8. The number of carbonyl (C=O) groups is 2. The van der Waals surface area contributed by atoms with Gasteiger partial charge in [-0.15, -0.1) is 0 Å². The van der Waals surface area contributed by atoms with E-state index in [2.05, 4.69) is 5.32 Å². The number of anilines is 1. The van der Waals surface area contributed by atoms with Crippen molar-refractivity contribution in [3.8, 4) is 0 Å². The first-order chi connectivity index (χ1) is 9.25. The molecule has 1 aliphatic rings. The lowest BCUT2D eigenvalue weighted by Crippen LogP contribution is -2.63. The first-order valence-corrected chi connectivity index (χ1v) is 6.85. The molecule has 0 aromatic heterocycles. The summed E-state index contributed by atoms with van der Waals surface area (Å²) in [6.07, 6.45) is 0.